The maximum Gasteiger partial charge on any atom is 0.228 e. The minimum Gasteiger partial charge on any atom is -0.493 e. The van der Waals surface area contributed by atoms with Crippen molar-refractivity contribution in [3.63, 3.8) is 0 Å². The van der Waals surface area contributed by atoms with Gasteiger partial charge >= 0.3 is 0 Å². The van der Waals surface area contributed by atoms with E-state index >= 15 is 0 Å². The van der Waals surface area contributed by atoms with Gasteiger partial charge in [0.05, 0.1) is 18.6 Å². The highest BCUT2D eigenvalue weighted by Crippen LogP contribution is 2.31. The Kier molecular flexibility index (Phi) is 5.78. The monoisotopic (exact) mass is 328 g/mol. The fourth-order valence-corrected chi connectivity index (χ4v) is 3.15. The number of thiophene rings is 1. The van der Waals surface area contributed by atoms with E-state index in [-0.39, 0.29) is 12.3 Å². The van der Waals surface area contributed by atoms with Crippen LogP contribution in [0.15, 0.2) is 24.3 Å². The van der Waals surface area contributed by atoms with Crippen LogP contribution < -0.4 is 10.1 Å². The molecular formula is C18H20N2O2S. The van der Waals surface area contributed by atoms with Gasteiger partial charge in [-0.3, -0.25) is 4.79 Å². The van der Waals surface area contributed by atoms with Crippen molar-refractivity contribution in [3.05, 3.63) is 45.8 Å². The molecule has 5 heteroatoms. The molecule has 0 aliphatic rings. The molecule has 0 bridgehead atoms. The van der Waals surface area contributed by atoms with Crippen LogP contribution in [0.25, 0.3) is 0 Å². The van der Waals surface area contributed by atoms with Gasteiger partial charge in [0.1, 0.15) is 16.8 Å². The molecule has 0 atom stereocenters. The molecule has 0 spiro atoms. The average molecular weight is 328 g/mol. The maximum atomic E-state index is 12.0. The van der Waals surface area contributed by atoms with Crippen LogP contribution >= 0.6 is 11.3 Å². The second kappa shape index (κ2) is 7.80. The lowest BCUT2D eigenvalue weighted by atomic mass is 10.2. The summed E-state index contributed by atoms with van der Waals surface area (Å²) in [4.78, 5) is 13.0. The highest BCUT2D eigenvalue weighted by Gasteiger charge is 2.14. The number of hydrogen-bond acceptors (Lipinski definition) is 4. The summed E-state index contributed by atoms with van der Waals surface area (Å²) < 4.78 is 5.58. The number of rotatable bonds is 6. The van der Waals surface area contributed by atoms with Crippen molar-refractivity contribution in [2.45, 2.75) is 33.6 Å². The van der Waals surface area contributed by atoms with Crippen molar-refractivity contribution in [2.24, 2.45) is 0 Å². The summed E-state index contributed by atoms with van der Waals surface area (Å²) >= 11 is 1.43. The van der Waals surface area contributed by atoms with Crippen LogP contribution in [0.4, 0.5) is 5.00 Å². The van der Waals surface area contributed by atoms with Crippen LogP contribution in [0, 0.1) is 25.2 Å². The van der Waals surface area contributed by atoms with Gasteiger partial charge in [-0.25, -0.2) is 0 Å². The number of nitriles is 1. The summed E-state index contributed by atoms with van der Waals surface area (Å²) in [6.07, 6.45) is 1.24. The lowest BCUT2D eigenvalue weighted by molar-refractivity contribution is -0.116. The molecule has 1 N–H and O–H groups in total. The van der Waals surface area contributed by atoms with Gasteiger partial charge in [0.2, 0.25) is 5.91 Å². The normalized spacial score (nSPS) is 10.2. The highest BCUT2D eigenvalue weighted by molar-refractivity contribution is 7.16. The Morgan fingerprint density at radius 3 is 2.61 bits per heavy atom. The molecule has 1 heterocycles. The summed E-state index contributed by atoms with van der Waals surface area (Å²) in [6, 6.07) is 10.0. The van der Waals surface area contributed by atoms with Crippen LogP contribution in [-0.2, 0) is 11.2 Å². The quantitative estimate of drug-likeness (QED) is 0.864. The molecule has 2 rings (SSSR count). The molecular weight excluding hydrogens is 308 g/mol. The lowest BCUT2D eigenvalue weighted by Gasteiger charge is -2.07. The Bertz CT molecular complexity index is 727. The molecule has 0 saturated heterocycles. The molecule has 0 unspecified atom stereocenters. The zero-order valence-corrected chi connectivity index (χ0v) is 14.4. The first-order chi connectivity index (χ1) is 11.0. The molecule has 1 amide bonds. The summed E-state index contributed by atoms with van der Waals surface area (Å²) in [5.74, 6) is 0.614. The second-order valence-corrected chi connectivity index (χ2v) is 6.47. The van der Waals surface area contributed by atoms with E-state index in [1.807, 2.05) is 38.1 Å². The van der Waals surface area contributed by atoms with E-state index in [0.29, 0.717) is 17.2 Å². The fraction of sp³-hybridized carbons (Fsp3) is 0.333. The molecule has 0 aliphatic heterocycles. The number of benzene rings is 1. The van der Waals surface area contributed by atoms with Crippen molar-refractivity contribution < 1.29 is 9.53 Å². The highest BCUT2D eigenvalue weighted by atomic mass is 32.1. The van der Waals surface area contributed by atoms with Gasteiger partial charge < -0.3 is 10.1 Å². The number of hydrogen-bond donors (Lipinski definition) is 1. The van der Waals surface area contributed by atoms with E-state index in [0.717, 1.165) is 22.6 Å². The minimum absolute atomic E-state index is 0.145. The second-order valence-electron chi connectivity index (χ2n) is 5.24. The Labute approximate surface area is 140 Å². The Morgan fingerprint density at radius 1 is 1.30 bits per heavy atom. The summed E-state index contributed by atoms with van der Waals surface area (Å²) in [5.41, 5.74) is 2.74. The first kappa shape index (κ1) is 17.0. The average Bonchev–Trinajstić information content (AvgIpc) is 2.81. The minimum atomic E-state index is -0.145. The molecule has 0 radical (unpaired) electrons. The first-order valence-electron chi connectivity index (χ1n) is 7.56. The zero-order valence-electron chi connectivity index (χ0n) is 13.6. The van der Waals surface area contributed by atoms with Gasteiger partial charge in [-0.2, -0.15) is 5.26 Å². The molecule has 0 fully saturated rings. The summed E-state index contributed by atoms with van der Waals surface area (Å²) in [6.45, 7) is 6.24. The Morgan fingerprint density at radius 2 is 2.00 bits per heavy atom. The van der Waals surface area contributed by atoms with Gasteiger partial charge in [-0.1, -0.05) is 19.1 Å². The molecule has 0 aliphatic carbocycles. The first-order valence-corrected chi connectivity index (χ1v) is 8.38. The SMILES string of the molecule is CCc1ccc(OCCC(=O)Nc2sc(C)c(C)c2C#N)cc1. The standard InChI is InChI=1S/C18H20N2O2S/c1-4-14-5-7-15(8-6-14)22-10-9-17(21)20-18-16(11-19)12(2)13(3)23-18/h5-8H,4,9-10H2,1-3H3,(H,20,21). The van der Waals surface area contributed by atoms with Gasteiger partial charge in [0.15, 0.2) is 0 Å². The predicted octanol–water partition coefficient (Wildman–Crippen LogP) is 4.21. The van der Waals surface area contributed by atoms with Crippen LogP contribution in [0.2, 0.25) is 0 Å². The van der Waals surface area contributed by atoms with Gasteiger partial charge in [-0.05, 0) is 43.5 Å². The molecule has 120 valence electrons. The number of nitrogens with zero attached hydrogens (tertiary/aromatic N) is 1. The Hall–Kier alpha value is -2.32. The van der Waals surface area contributed by atoms with Gasteiger partial charge in [0, 0.05) is 4.88 Å². The number of ether oxygens (including phenoxy) is 1. The fourth-order valence-electron chi connectivity index (χ4n) is 2.12. The van der Waals surface area contributed by atoms with E-state index in [9.17, 15) is 10.1 Å². The van der Waals surface area contributed by atoms with Crippen molar-refractivity contribution in [1.29, 1.82) is 5.26 Å². The molecule has 1 aromatic carbocycles. The summed E-state index contributed by atoms with van der Waals surface area (Å²) in [5, 5.41) is 12.6. The van der Waals surface area contributed by atoms with E-state index in [2.05, 4.69) is 18.3 Å². The van der Waals surface area contributed by atoms with E-state index < -0.39 is 0 Å². The van der Waals surface area contributed by atoms with Gasteiger partial charge in [0.25, 0.3) is 0 Å². The number of aryl methyl sites for hydroxylation is 2. The largest absolute Gasteiger partial charge is 0.493 e. The van der Waals surface area contributed by atoms with E-state index in [1.165, 1.54) is 16.9 Å². The number of nitrogens with one attached hydrogen (secondary N) is 1. The van der Waals surface area contributed by atoms with Crippen LogP contribution in [0.1, 0.15) is 34.9 Å². The third-order valence-corrected chi connectivity index (χ3v) is 4.80. The number of carbonyl (C=O) groups excluding carboxylic acids is 1. The lowest BCUT2D eigenvalue weighted by Crippen LogP contribution is -2.15. The van der Waals surface area contributed by atoms with Crippen LogP contribution in [0.3, 0.4) is 0 Å². The van der Waals surface area contributed by atoms with E-state index in [1.54, 1.807) is 0 Å². The number of amides is 1. The Balaban J connectivity index is 1.86. The summed E-state index contributed by atoms with van der Waals surface area (Å²) in [7, 11) is 0. The topological polar surface area (TPSA) is 62.1 Å². The van der Waals surface area contributed by atoms with Crippen LogP contribution in [0.5, 0.6) is 5.75 Å². The van der Waals surface area contributed by atoms with Gasteiger partial charge in [-0.15, -0.1) is 11.3 Å². The van der Waals surface area contributed by atoms with Crippen molar-refractivity contribution in [3.8, 4) is 11.8 Å². The predicted molar refractivity (Wildman–Crippen MR) is 93.1 cm³/mol. The van der Waals surface area contributed by atoms with Crippen LogP contribution in [-0.4, -0.2) is 12.5 Å². The van der Waals surface area contributed by atoms with Crippen molar-refractivity contribution in [1.82, 2.24) is 0 Å². The third kappa shape index (κ3) is 4.33. The molecule has 2 aromatic rings. The molecule has 23 heavy (non-hydrogen) atoms. The van der Waals surface area contributed by atoms with E-state index in [4.69, 9.17) is 4.74 Å². The zero-order chi connectivity index (χ0) is 16.8. The molecule has 0 saturated carbocycles. The molecule has 4 nitrogen and oxygen atoms in total. The number of carbonyl (C=O) groups is 1. The maximum absolute atomic E-state index is 12.0. The van der Waals surface area contributed by atoms with Crippen molar-refractivity contribution in [2.75, 3.05) is 11.9 Å². The number of anilines is 1. The molecule has 1 aromatic heterocycles. The van der Waals surface area contributed by atoms with Crippen molar-refractivity contribution >= 4 is 22.2 Å². The smallest absolute Gasteiger partial charge is 0.228 e. The third-order valence-electron chi connectivity index (χ3n) is 3.68.